The largest absolute Gasteiger partial charge is 0.332 e. The molecule has 0 saturated carbocycles. The van der Waals surface area contributed by atoms with Gasteiger partial charge in [-0.2, -0.15) is 0 Å². The van der Waals surface area contributed by atoms with Gasteiger partial charge in [-0.05, 0) is 30.3 Å². The van der Waals surface area contributed by atoms with Crippen LogP contribution >= 0.6 is 11.3 Å². The van der Waals surface area contributed by atoms with Crippen LogP contribution in [0.15, 0.2) is 67.1 Å². The standard InChI is InChI=1S/C18H13N5OS/c24-17(14-9-10-19-11-20-14)22-13-7-4-8-15-16(13)23-18(25-15)21-12-5-2-1-3-6-12/h1-11H,(H,21,23)(H,22,24). The highest BCUT2D eigenvalue weighted by Crippen LogP contribution is 2.32. The Morgan fingerprint density at radius 3 is 2.68 bits per heavy atom. The summed E-state index contributed by atoms with van der Waals surface area (Å²) >= 11 is 1.53. The number of fused-ring (bicyclic) bond motifs is 1. The number of rotatable bonds is 4. The number of carbonyl (C=O) groups excluding carboxylic acids is 1. The average Bonchev–Trinajstić information content (AvgIpc) is 3.07. The molecule has 0 aliphatic rings. The number of para-hydroxylation sites is 2. The van der Waals surface area contributed by atoms with E-state index in [1.165, 1.54) is 23.9 Å². The predicted octanol–water partition coefficient (Wildman–Crippen LogP) is 4.08. The van der Waals surface area contributed by atoms with E-state index in [0.717, 1.165) is 21.0 Å². The second-order valence-electron chi connectivity index (χ2n) is 5.21. The monoisotopic (exact) mass is 347 g/mol. The van der Waals surface area contributed by atoms with Crippen LogP contribution in [0.1, 0.15) is 10.5 Å². The summed E-state index contributed by atoms with van der Waals surface area (Å²) in [6.07, 6.45) is 2.88. The van der Waals surface area contributed by atoms with Crippen LogP contribution in [0, 0.1) is 0 Å². The van der Waals surface area contributed by atoms with E-state index in [1.54, 1.807) is 6.07 Å². The van der Waals surface area contributed by atoms with Gasteiger partial charge >= 0.3 is 0 Å². The molecule has 2 N–H and O–H groups in total. The summed E-state index contributed by atoms with van der Waals surface area (Å²) in [7, 11) is 0. The van der Waals surface area contributed by atoms with Crippen molar-refractivity contribution in [1.82, 2.24) is 15.0 Å². The highest BCUT2D eigenvalue weighted by Gasteiger charge is 2.12. The van der Waals surface area contributed by atoms with E-state index in [-0.39, 0.29) is 5.91 Å². The molecule has 0 fully saturated rings. The Balaban J connectivity index is 1.63. The number of aromatic nitrogens is 3. The molecule has 7 heteroatoms. The van der Waals surface area contributed by atoms with Crippen molar-refractivity contribution in [3.8, 4) is 0 Å². The molecule has 4 rings (SSSR count). The normalized spacial score (nSPS) is 10.6. The number of nitrogens with one attached hydrogen (secondary N) is 2. The molecule has 2 aromatic heterocycles. The second-order valence-corrected chi connectivity index (χ2v) is 6.24. The van der Waals surface area contributed by atoms with Gasteiger partial charge in [0.2, 0.25) is 0 Å². The maximum atomic E-state index is 12.3. The molecule has 0 atom stereocenters. The Morgan fingerprint density at radius 1 is 1.00 bits per heavy atom. The fraction of sp³-hybridized carbons (Fsp3) is 0. The van der Waals surface area contributed by atoms with Gasteiger partial charge in [-0.3, -0.25) is 4.79 Å². The zero-order valence-corrected chi connectivity index (χ0v) is 13.8. The maximum Gasteiger partial charge on any atom is 0.274 e. The molecule has 4 aromatic rings. The van der Waals surface area contributed by atoms with Gasteiger partial charge in [0.25, 0.3) is 5.91 Å². The molecule has 0 aliphatic carbocycles. The number of anilines is 3. The zero-order chi connectivity index (χ0) is 17.1. The summed E-state index contributed by atoms with van der Waals surface area (Å²) in [5.41, 5.74) is 2.67. The molecule has 2 aromatic carbocycles. The smallest absolute Gasteiger partial charge is 0.274 e. The molecule has 0 bridgehead atoms. The van der Waals surface area contributed by atoms with Gasteiger partial charge < -0.3 is 10.6 Å². The van der Waals surface area contributed by atoms with Crippen molar-refractivity contribution in [1.29, 1.82) is 0 Å². The van der Waals surface area contributed by atoms with Crippen LogP contribution in [0.5, 0.6) is 0 Å². The summed E-state index contributed by atoms with van der Waals surface area (Å²) in [5.74, 6) is -0.291. The Labute approximate surface area is 147 Å². The zero-order valence-electron chi connectivity index (χ0n) is 13.0. The van der Waals surface area contributed by atoms with Crippen LogP contribution in [0.4, 0.5) is 16.5 Å². The molecule has 0 radical (unpaired) electrons. The summed E-state index contributed by atoms with van der Waals surface area (Å²) in [5, 5.41) is 6.91. The van der Waals surface area contributed by atoms with Crippen molar-refractivity contribution in [2.45, 2.75) is 0 Å². The van der Waals surface area contributed by atoms with Crippen molar-refractivity contribution in [2.24, 2.45) is 0 Å². The first-order chi connectivity index (χ1) is 12.3. The Kier molecular flexibility index (Phi) is 4.05. The first-order valence-corrected chi connectivity index (χ1v) is 8.40. The number of thiazole rings is 1. The Hall–Kier alpha value is -3.32. The molecule has 1 amide bonds. The maximum absolute atomic E-state index is 12.3. The van der Waals surface area contributed by atoms with Crippen molar-refractivity contribution >= 4 is 44.0 Å². The molecule has 2 heterocycles. The fourth-order valence-electron chi connectivity index (χ4n) is 2.36. The number of nitrogens with zero attached hydrogens (tertiary/aromatic N) is 3. The van der Waals surface area contributed by atoms with Crippen molar-refractivity contribution in [3.05, 3.63) is 72.8 Å². The lowest BCUT2D eigenvalue weighted by atomic mass is 10.2. The first-order valence-electron chi connectivity index (χ1n) is 7.58. The third kappa shape index (κ3) is 3.31. The highest BCUT2D eigenvalue weighted by atomic mass is 32.1. The quantitative estimate of drug-likeness (QED) is 0.581. The molecule has 122 valence electrons. The Morgan fingerprint density at radius 2 is 1.88 bits per heavy atom. The summed E-state index contributed by atoms with van der Waals surface area (Å²) in [6.45, 7) is 0. The number of benzene rings is 2. The minimum atomic E-state index is -0.291. The molecule has 6 nitrogen and oxygen atoms in total. The number of carbonyl (C=O) groups is 1. The third-order valence-corrected chi connectivity index (χ3v) is 4.44. The minimum Gasteiger partial charge on any atom is -0.332 e. The SMILES string of the molecule is O=C(Nc1cccc2sc(Nc3ccccc3)nc12)c1ccncn1. The van der Waals surface area contributed by atoms with E-state index in [9.17, 15) is 4.79 Å². The minimum absolute atomic E-state index is 0.291. The van der Waals surface area contributed by atoms with E-state index >= 15 is 0 Å². The van der Waals surface area contributed by atoms with Crippen LogP contribution in [-0.4, -0.2) is 20.9 Å². The van der Waals surface area contributed by atoms with E-state index < -0.39 is 0 Å². The molecule has 25 heavy (non-hydrogen) atoms. The fourth-order valence-corrected chi connectivity index (χ4v) is 3.27. The Bertz CT molecular complexity index is 1020. The number of hydrogen-bond donors (Lipinski definition) is 2. The second kappa shape index (κ2) is 6.66. The van der Waals surface area contributed by atoms with Crippen molar-refractivity contribution in [2.75, 3.05) is 10.6 Å². The van der Waals surface area contributed by atoms with Gasteiger partial charge in [0, 0.05) is 11.9 Å². The molecule has 0 aliphatic heterocycles. The van der Waals surface area contributed by atoms with Crippen molar-refractivity contribution < 1.29 is 4.79 Å². The summed E-state index contributed by atoms with van der Waals surface area (Å²) < 4.78 is 0.985. The van der Waals surface area contributed by atoms with Crippen molar-refractivity contribution in [3.63, 3.8) is 0 Å². The van der Waals surface area contributed by atoms with Crippen LogP contribution < -0.4 is 10.6 Å². The van der Waals surface area contributed by atoms with Crippen LogP contribution in [-0.2, 0) is 0 Å². The molecule has 0 unspecified atom stereocenters. The number of hydrogen-bond acceptors (Lipinski definition) is 6. The average molecular weight is 347 g/mol. The van der Waals surface area contributed by atoms with E-state index in [2.05, 4.69) is 25.6 Å². The van der Waals surface area contributed by atoms with Gasteiger partial charge in [0.15, 0.2) is 5.13 Å². The highest BCUT2D eigenvalue weighted by molar-refractivity contribution is 7.22. The molecule has 0 spiro atoms. The van der Waals surface area contributed by atoms with Crippen LogP contribution in [0.2, 0.25) is 0 Å². The predicted molar refractivity (Wildman–Crippen MR) is 99.3 cm³/mol. The summed E-state index contributed by atoms with van der Waals surface area (Å²) in [4.78, 5) is 24.7. The van der Waals surface area contributed by atoms with E-state index in [4.69, 9.17) is 0 Å². The topological polar surface area (TPSA) is 79.8 Å². The molecule has 0 saturated heterocycles. The van der Waals surface area contributed by atoms with Gasteiger partial charge in [0.1, 0.15) is 17.5 Å². The van der Waals surface area contributed by atoms with Crippen LogP contribution in [0.3, 0.4) is 0 Å². The lowest BCUT2D eigenvalue weighted by Gasteiger charge is -2.04. The number of amides is 1. The van der Waals surface area contributed by atoms with Gasteiger partial charge in [-0.1, -0.05) is 35.6 Å². The van der Waals surface area contributed by atoms with E-state index in [0.29, 0.717) is 11.4 Å². The van der Waals surface area contributed by atoms with Gasteiger partial charge in [0.05, 0.1) is 10.4 Å². The molecular formula is C18H13N5OS. The third-order valence-electron chi connectivity index (χ3n) is 3.51. The van der Waals surface area contributed by atoms with Gasteiger partial charge in [-0.15, -0.1) is 0 Å². The lowest BCUT2D eigenvalue weighted by Crippen LogP contribution is -2.13. The first kappa shape index (κ1) is 15.2. The van der Waals surface area contributed by atoms with Gasteiger partial charge in [-0.25, -0.2) is 15.0 Å². The lowest BCUT2D eigenvalue weighted by molar-refractivity contribution is 0.102. The summed E-state index contributed by atoms with van der Waals surface area (Å²) in [6, 6.07) is 17.1. The van der Waals surface area contributed by atoms with Crippen LogP contribution in [0.25, 0.3) is 10.2 Å². The molecular weight excluding hydrogens is 334 g/mol. The van der Waals surface area contributed by atoms with E-state index in [1.807, 2.05) is 48.5 Å².